The van der Waals surface area contributed by atoms with Crippen LogP contribution in [0.5, 0.6) is 0 Å². The monoisotopic (exact) mass is 310 g/mol. The van der Waals surface area contributed by atoms with Crippen LogP contribution in [-0.2, 0) is 4.74 Å². The van der Waals surface area contributed by atoms with E-state index in [4.69, 9.17) is 4.74 Å². The zero-order valence-corrected chi connectivity index (χ0v) is 11.6. The second-order valence-electron chi connectivity index (χ2n) is 4.87. The summed E-state index contributed by atoms with van der Waals surface area (Å²) in [5.41, 5.74) is 0.606. The van der Waals surface area contributed by atoms with Crippen molar-refractivity contribution in [3.8, 4) is 0 Å². The van der Waals surface area contributed by atoms with E-state index in [9.17, 15) is 4.79 Å². The van der Waals surface area contributed by atoms with Crippen LogP contribution in [0.1, 0.15) is 12.8 Å². The van der Waals surface area contributed by atoms with Crippen molar-refractivity contribution < 1.29 is 9.53 Å². The molecule has 0 aromatic heterocycles. The minimum Gasteiger partial charge on any atom is -0.441 e. The molecule has 2 saturated heterocycles. The highest BCUT2D eigenvalue weighted by atomic mass is 79.9. The Kier molecular flexibility index (Phi) is 3.03. The molecule has 2 aliphatic heterocycles. The molecule has 18 heavy (non-hydrogen) atoms. The summed E-state index contributed by atoms with van der Waals surface area (Å²) in [7, 11) is 0. The third-order valence-electron chi connectivity index (χ3n) is 3.61. The molecule has 1 N–H and O–H groups in total. The molecule has 1 amide bonds. The number of rotatable bonds is 1. The molecular formula is C13H15BrN2O2. The second kappa shape index (κ2) is 4.55. The lowest BCUT2D eigenvalue weighted by atomic mass is 9.92. The van der Waals surface area contributed by atoms with Gasteiger partial charge >= 0.3 is 6.09 Å². The van der Waals surface area contributed by atoms with E-state index in [0.29, 0.717) is 6.54 Å². The third-order valence-corrected chi connectivity index (χ3v) is 4.10. The predicted octanol–water partition coefficient (Wildman–Crippen LogP) is 2.53. The summed E-state index contributed by atoms with van der Waals surface area (Å²) in [5.74, 6) is 0. The summed E-state index contributed by atoms with van der Waals surface area (Å²) in [6.07, 6.45) is 1.56. The molecule has 0 saturated carbocycles. The first-order valence-corrected chi connectivity index (χ1v) is 6.95. The minimum atomic E-state index is -0.287. The fraction of sp³-hybridized carbons (Fsp3) is 0.462. The lowest BCUT2D eigenvalue weighted by molar-refractivity contribution is 0.0316. The van der Waals surface area contributed by atoms with Gasteiger partial charge in [0.25, 0.3) is 0 Å². The highest BCUT2D eigenvalue weighted by molar-refractivity contribution is 9.10. The number of hydrogen-bond acceptors (Lipinski definition) is 3. The van der Waals surface area contributed by atoms with Crippen molar-refractivity contribution in [3.05, 3.63) is 28.7 Å². The van der Waals surface area contributed by atoms with Gasteiger partial charge in [0.2, 0.25) is 0 Å². The van der Waals surface area contributed by atoms with Crippen molar-refractivity contribution in [2.24, 2.45) is 0 Å². The first-order chi connectivity index (χ1) is 8.69. The van der Waals surface area contributed by atoms with Gasteiger partial charge in [-0.3, -0.25) is 4.90 Å². The van der Waals surface area contributed by atoms with Gasteiger partial charge in [-0.05, 0) is 31.3 Å². The van der Waals surface area contributed by atoms with Crippen molar-refractivity contribution in [3.63, 3.8) is 0 Å². The van der Waals surface area contributed by atoms with E-state index in [2.05, 4.69) is 21.2 Å². The molecule has 2 aliphatic rings. The summed E-state index contributed by atoms with van der Waals surface area (Å²) in [6.45, 7) is 2.49. The number of nitrogens with one attached hydrogen (secondary N) is 1. The maximum Gasteiger partial charge on any atom is 0.415 e. The lowest BCUT2D eigenvalue weighted by Gasteiger charge is -2.31. The van der Waals surface area contributed by atoms with Gasteiger partial charge in [-0.25, -0.2) is 4.79 Å². The third kappa shape index (κ3) is 2.12. The Morgan fingerprint density at radius 2 is 2.11 bits per heavy atom. The Hall–Kier alpha value is -1.07. The van der Waals surface area contributed by atoms with Crippen molar-refractivity contribution in [2.45, 2.75) is 18.4 Å². The SMILES string of the molecule is O=C1OC2(CCNCC2)CN1c1cccc(Br)c1. The van der Waals surface area contributed by atoms with Gasteiger partial charge in [0.1, 0.15) is 5.60 Å². The normalized spacial score (nSPS) is 22.3. The molecular weight excluding hydrogens is 296 g/mol. The lowest BCUT2D eigenvalue weighted by Crippen LogP contribution is -2.44. The van der Waals surface area contributed by atoms with E-state index in [1.807, 2.05) is 24.3 Å². The van der Waals surface area contributed by atoms with Gasteiger partial charge in [-0.1, -0.05) is 22.0 Å². The number of carbonyl (C=O) groups excluding carboxylic acids is 1. The van der Waals surface area contributed by atoms with Crippen molar-refractivity contribution in [1.82, 2.24) is 5.32 Å². The van der Waals surface area contributed by atoms with E-state index >= 15 is 0 Å². The molecule has 0 aliphatic carbocycles. The van der Waals surface area contributed by atoms with Crippen molar-refractivity contribution in [2.75, 3.05) is 24.5 Å². The summed E-state index contributed by atoms with van der Waals surface area (Å²) >= 11 is 3.43. The summed E-state index contributed by atoms with van der Waals surface area (Å²) in [6, 6.07) is 7.76. The number of piperidine rings is 1. The second-order valence-corrected chi connectivity index (χ2v) is 5.78. The van der Waals surface area contributed by atoms with Crippen LogP contribution in [-0.4, -0.2) is 31.3 Å². The predicted molar refractivity (Wildman–Crippen MR) is 72.8 cm³/mol. The first-order valence-electron chi connectivity index (χ1n) is 6.15. The molecule has 2 heterocycles. The molecule has 5 heteroatoms. The standard InChI is InChI=1S/C13H15BrN2O2/c14-10-2-1-3-11(8-10)16-9-13(18-12(16)17)4-6-15-7-5-13/h1-3,8,15H,4-7,9H2. The fourth-order valence-corrected chi connectivity index (χ4v) is 3.00. The minimum absolute atomic E-state index is 0.227. The van der Waals surface area contributed by atoms with E-state index in [1.54, 1.807) is 4.90 Å². The molecule has 2 fully saturated rings. The van der Waals surface area contributed by atoms with Gasteiger partial charge in [-0.15, -0.1) is 0 Å². The van der Waals surface area contributed by atoms with Crippen LogP contribution >= 0.6 is 15.9 Å². The van der Waals surface area contributed by atoms with E-state index in [-0.39, 0.29) is 11.7 Å². The average molecular weight is 311 g/mol. The molecule has 1 spiro atoms. The number of nitrogens with zero attached hydrogens (tertiary/aromatic N) is 1. The van der Waals surface area contributed by atoms with Crippen LogP contribution in [0.15, 0.2) is 28.7 Å². The number of hydrogen-bond donors (Lipinski definition) is 1. The number of ether oxygens (including phenoxy) is 1. The van der Waals surface area contributed by atoms with Crippen LogP contribution in [0.4, 0.5) is 10.5 Å². The zero-order chi connectivity index (χ0) is 12.6. The maximum atomic E-state index is 12.0. The number of halogens is 1. The van der Waals surface area contributed by atoms with Crippen LogP contribution in [0.2, 0.25) is 0 Å². The highest BCUT2D eigenvalue weighted by Gasteiger charge is 2.46. The molecule has 1 aromatic rings. The first kappa shape index (κ1) is 12.0. The van der Waals surface area contributed by atoms with Gasteiger partial charge < -0.3 is 10.1 Å². The zero-order valence-electron chi connectivity index (χ0n) is 9.99. The number of amides is 1. The molecule has 4 nitrogen and oxygen atoms in total. The van der Waals surface area contributed by atoms with E-state index in [1.165, 1.54) is 0 Å². The Bertz CT molecular complexity index is 472. The van der Waals surface area contributed by atoms with Gasteiger partial charge in [-0.2, -0.15) is 0 Å². The Morgan fingerprint density at radius 3 is 2.83 bits per heavy atom. The average Bonchev–Trinajstić information content (AvgIpc) is 2.67. The van der Waals surface area contributed by atoms with Gasteiger partial charge in [0.05, 0.1) is 6.54 Å². The Balaban J connectivity index is 1.84. The number of anilines is 1. The molecule has 3 rings (SSSR count). The number of carbonyl (C=O) groups is 1. The van der Waals surface area contributed by atoms with Crippen LogP contribution in [0.3, 0.4) is 0 Å². The van der Waals surface area contributed by atoms with Gasteiger partial charge in [0, 0.05) is 23.0 Å². The summed E-state index contributed by atoms with van der Waals surface area (Å²) in [4.78, 5) is 13.8. The molecule has 0 atom stereocenters. The fourth-order valence-electron chi connectivity index (χ4n) is 2.61. The summed E-state index contributed by atoms with van der Waals surface area (Å²) < 4.78 is 6.60. The quantitative estimate of drug-likeness (QED) is 0.866. The van der Waals surface area contributed by atoms with Crippen LogP contribution in [0.25, 0.3) is 0 Å². The number of benzene rings is 1. The van der Waals surface area contributed by atoms with Crippen LogP contribution in [0, 0.1) is 0 Å². The molecule has 0 unspecified atom stereocenters. The molecule has 0 bridgehead atoms. The smallest absolute Gasteiger partial charge is 0.415 e. The van der Waals surface area contributed by atoms with Crippen molar-refractivity contribution >= 4 is 27.7 Å². The van der Waals surface area contributed by atoms with Gasteiger partial charge in [0.15, 0.2) is 0 Å². The topological polar surface area (TPSA) is 41.6 Å². The molecule has 0 radical (unpaired) electrons. The Labute approximate surface area is 114 Å². The van der Waals surface area contributed by atoms with Crippen molar-refractivity contribution in [1.29, 1.82) is 0 Å². The maximum absolute atomic E-state index is 12.0. The summed E-state index contributed by atoms with van der Waals surface area (Å²) in [5, 5.41) is 3.30. The Morgan fingerprint density at radius 1 is 1.33 bits per heavy atom. The highest BCUT2D eigenvalue weighted by Crippen LogP contribution is 2.34. The van der Waals surface area contributed by atoms with E-state index < -0.39 is 0 Å². The molecule has 1 aromatic carbocycles. The molecule has 96 valence electrons. The van der Waals surface area contributed by atoms with E-state index in [0.717, 1.165) is 36.1 Å². The van der Waals surface area contributed by atoms with Crippen LogP contribution < -0.4 is 10.2 Å². The largest absolute Gasteiger partial charge is 0.441 e.